The molecule has 0 bridgehead atoms. The number of carbonyl (C=O) groups excluding carboxylic acids is 1. The summed E-state index contributed by atoms with van der Waals surface area (Å²) < 4.78 is 29.1. The van der Waals surface area contributed by atoms with E-state index in [2.05, 4.69) is 10.5 Å². The molecule has 1 heterocycles. The van der Waals surface area contributed by atoms with Crippen LogP contribution in [0.2, 0.25) is 0 Å². The van der Waals surface area contributed by atoms with Crippen LogP contribution in [-0.2, 0) is 14.6 Å². The monoisotopic (exact) mass is 322 g/mol. The maximum absolute atomic E-state index is 12.1. The van der Waals surface area contributed by atoms with Crippen molar-refractivity contribution in [1.29, 1.82) is 0 Å². The van der Waals surface area contributed by atoms with Crippen LogP contribution in [0.25, 0.3) is 0 Å². The quantitative estimate of drug-likeness (QED) is 0.882. The fourth-order valence-electron chi connectivity index (χ4n) is 1.91. The molecule has 0 aliphatic heterocycles. The number of benzene rings is 1. The molecule has 118 valence electrons. The predicted molar refractivity (Wildman–Crippen MR) is 82.3 cm³/mol. The van der Waals surface area contributed by atoms with Crippen molar-refractivity contribution >= 4 is 21.6 Å². The third-order valence-electron chi connectivity index (χ3n) is 3.09. The maximum Gasteiger partial charge on any atom is 0.231 e. The van der Waals surface area contributed by atoms with E-state index in [1.807, 2.05) is 6.92 Å². The van der Waals surface area contributed by atoms with Gasteiger partial charge in [0.1, 0.15) is 0 Å². The average Bonchev–Trinajstić information content (AvgIpc) is 2.84. The summed E-state index contributed by atoms with van der Waals surface area (Å²) in [6, 6.07) is 8.28. The van der Waals surface area contributed by atoms with Crippen LogP contribution in [0.15, 0.2) is 39.8 Å². The second-order valence-corrected chi connectivity index (χ2v) is 7.23. The lowest BCUT2D eigenvalue weighted by Gasteiger charge is -2.05. The normalized spacial score (nSPS) is 11.4. The van der Waals surface area contributed by atoms with Crippen molar-refractivity contribution in [3.8, 4) is 0 Å². The van der Waals surface area contributed by atoms with Gasteiger partial charge in [-0.25, -0.2) is 8.42 Å². The fraction of sp³-hybridized carbons (Fsp3) is 0.333. The molecular weight excluding hydrogens is 304 g/mol. The third kappa shape index (κ3) is 4.42. The standard InChI is InChI=1S/C15H18N2O4S/c1-11-5-7-13(8-6-11)22(19,20)9-3-4-14(18)16-15-10-12(2)17-21-15/h5-8,10H,3-4,9H2,1-2H3,(H,16,18). The second kappa shape index (κ2) is 6.74. The molecular formula is C15H18N2O4S. The van der Waals surface area contributed by atoms with E-state index in [0.717, 1.165) is 5.56 Å². The summed E-state index contributed by atoms with van der Waals surface area (Å²) in [6.45, 7) is 3.64. The van der Waals surface area contributed by atoms with E-state index in [9.17, 15) is 13.2 Å². The van der Waals surface area contributed by atoms with Gasteiger partial charge in [-0.2, -0.15) is 0 Å². The lowest BCUT2D eigenvalue weighted by molar-refractivity contribution is -0.116. The number of sulfone groups is 1. The minimum atomic E-state index is -3.36. The topological polar surface area (TPSA) is 89.3 Å². The first-order valence-electron chi connectivity index (χ1n) is 6.89. The Morgan fingerprint density at radius 1 is 1.23 bits per heavy atom. The third-order valence-corrected chi connectivity index (χ3v) is 4.90. The van der Waals surface area contributed by atoms with E-state index < -0.39 is 9.84 Å². The number of aromatic nitrogens is 1. The minimum Gasteiger partial charge on any atom is -0.338 e. The highest BCUT2D eigenvalue weighted by Crippen LogP contribution is 2.14. The maximum atomic E-state index is 12.1. The number of hydrogen-bond acceptors (Lipinski definition) is 5. The van der Waals surface area contributed by atoms with Gasteiger partial charge in [0, 0.05) is 12.5 Å². The average molecular weight is 322 g/mol. The highest BCUT2D eigenvalue weighted by atomic mass is 32.2. The van der Waals surface area contributed by atoms with Gasteiger partial charge in [0.05, 0.1) is 16.3 Å². The van der Waals surface area contributed by atoms with Gasteiger partial charge in [-0.1, -0.05) is 22.9 Å². The van der Waals surface area contributed by atoms with Crippen molar-refractivity contribution in [2.75, 3.05) is 11.1 Å². The molecule has 1 amide bonds. The Balaban J connectivity index is 1.84. The molecule has 22 heavy (non-hydrogen) atoms. The molecule has 0 atom stereocenters. The largest absolute Gasteiger partial charge is 0.338 e. The number of rotatable bonds is 6. The van der Waals surface area contributed by atoms with Crippen LogP contribution in [0.3, 0.4) is 0 Å². The van der Waals surface area contributed by atoms with Crippen LogP contribution in [0, 0.1) is 13.8 Å². The molecule has 0 aliphatic rings. The molecule has 0 spiro atoms. The Morgan fingerprint density at radius 2 is 1.91 bits per heavy atom. The van der Waals surface area contributed by atoms with E-state index in [0.29, 0.717) is 5.69 Å². The summed E-state index contributed by atoms with van der Waals surface area (Å²) in [7, 11) is -3.36. The van der Waals surface area contributed by atoms with Gasteiger partial charge in [0.25, 0.3) is 0 Å². The van der Waals surface area contributed by atoms with Gasteiger partial charge >= 0.3 is 0 Å². The molecule has 7 heteroatoms. The van der Waals surface area contributed by atoms with Crippen molar-refractivity contribution in [1.82, 2.24) is 5.16 Å². The SMILES string of the molecule is Cc1ccc(S(=O)(=O)CCCC(=O)Nc2cc(C)no2)cc1. The molecule has 2 rings (SSSR count). The van der Waals surface area contributed by atoms with Crippen LogP contribution in [0.1, 0.15) is 24.1 Å². The van der Waals surface area contributed by atoms with E-state index in [-0.39, 0.29) is 35.3 Å². The Bertz CT molecular complexity index is 748. The Kier molecular flexibility index (Phi) is 4.97. The lowest BCUT2D eigenvalue weighted by atomic mass is 10.2. The molecule has 0 saturated heterocycles. The molecule has 0 aliphatic carbocycles. The van der Waals surface area contributed by atoms with Gasteiger partial charge in [-0.15, -0.1) is 0 Å². The highest BCUT2D eigenvalue weighted by Gasteiger charge is 2.15. The number of hydrogen-bond donors (Lipinski definition) is 1. The first kappa shape index (κ1) is 16.2. The van der Waals surface area contributed by atoms with E-state index >= 15 is 0 Å². The first-order chi connectivity index (χ1) is 10.4. The molecule has 1 aromatic heterocycles. The zero-order valence-electron chi connectivity index (χ0n) is 12.5. The summed E-state index contributed by atoms with van der Waals surface area (Å²) in [5, 5.41) is 6.18. The zero-order valence-corrected chi connectivity index (χ0v) is 13.3. The second-order valence-electron chi connectivity index (χ2n) is 5.12. The van der Waals surface area contributed by atoms with Crippen molar-refractivity contribution in [3.05, 3.63) is 41.6 Å². The fourth-order valence-corrected chi connectivity index (χ4v) is 3.22. The zero-order chi connectivity index (χ0) is 16.2. The van der Waals surface area contributed by atoms with Gasteiger partial charge in [-0.05, 0) is 32.4 Å². The molecule has 6 nitrogen and oxygen atoms in total. The summed E-state index contributed by atoms with van der Waals surface area (Å²) in [5.41, 5.74) is 1.66. The summed E-state index contributed by atoms with van der Waals surface area (Å²) in [5.74, 6) is -0.0991. The molecule has 2 aromatic rings. The van der Waals surface area contributed by atoms with Gasteiger partial charge < -0.3 is 4.52 Å². The molecule has 1 N–H and O–H groups in total. The molecule has 0 fully saturated rings. The lowest BCUT2D eigenvalue weighted by Crippen LogP contribution is -2.14. The van der Waals surface area contributed by atoms with Crippen LogP contribution >= 0.6 is 0 Å². The number of nitrogens with zero attached hydrogens (tertiary/aromatic N) is 1. The summed E-state index contributed by atoms with van der Waals surface area (Å²) >= 11 is 0. The van der Waals surface area contributed by atoms with Crippen LogP contribution in [-0.4, -0.2) is 25.2 Å². The Labute approximate surface area is 129 Å². The van der Waals surface area contributed by atoms with Gasteiger partial charge in [-0.3, -0.25) is 10.1 Å². The van der Waals surface area contributed by atoms with E-state index in [1.165, 1.54) is 0 Å². The molecule has 0 radical (unpaired) electrons. The number of anilines is 1. The summed E-state index contributed by atoms with van der Waals surface area (Å²) in [4.78, 5) is 12.0. The van der Waals surface area contributed by atoms with E-state index in [4.69, 9.17) is 4.52 Å². The van der Waals surface area contributed by atoms with Crippen molar-refractivity contribution in [2.24, 2.45) is 0 Å². The number of nitrogens with one attached hydrogen (secondary N) is 1. The van der Waals surface area contributed by atoms with Crippen molar-refractivity contribution in [3.63, 3.8) is 0 Å². The molecule has 1 aromatic carbocycles. The van der Waals surface area contributed by atoms with Crippen LogP contribution < -0.4 is 5.32 Å². The predicted octanol–water partition coefficient (Wildman–Crippen LogP) is 2.48. The van der Waals surface area contributed by atoms with Crippen LogP contribution in [0.4, 0.5) is 5.88 Å². The van der Waals surface area contributed by atoms with Gasteiger partial charge in [0.15, 0.2) is 9.84 Å². The minimum absolute atomic E-state index is 0.0705. The van der Waals surface area contributed by atoms with Crippen molar-refractivity contribution in [2.45, 2.75) is 31.6 Å². The number of aryl methyl sites for hydroxylation is 2. The number of carbonyl (C=O) groups is 1. The van der Waals surface area contributed by atoms with E-state index in [1.54, 1.807) is 37.3 Å². The Morgan fingerprint density at radius 3 is 2.50 bits per heavy atom. The van der Waals surface area contributed by atoms with Crippen LogP contribution in [0.5, 0.6) is 0 Å². The smallest absolute Gasteiger partial charge is 0.231 e. The number of amides is 1. The molecule has 0 saturated carbocycles. The molecule has 0 unspecified atom stereocenters. The highest BCUT2D eigenvalue weighted by molar-refractivity contribution is 7.91. The van der Waals surface area contributed by atoms with Crippen molar-refractivity contribution < 1.29 is 17.7 Å². The summed E-state index contributed by atoms with van der Waals surface area (Å²) in [6.07, 6.45) is 0.347. The Hall–Kier alpha value is -2.15. The van der Waals surface area contributed by atoms with Gasteiger partial charge in [0.2, 0.25) is 11.8 Å². The first-order valence-corrected chi connectivity index (χ1v) is 8.55.